The van der Waals surface area contributed by atoms with Gasteiger partial charge >= 0.3 is 18.5 Å². The molecule has 2 aromatic carbocycles. The monoisotopic (exact) mass is 653 g/mol. The van der Waals surface area contributed by atoms with Gasteiger partial charge in [0, 0.05) is 17.9 Å². The molecule has 3 nitrogen and oxygen atoms in total. The number of nitrogens with one attached hydrogen (secondary N) is 1. The molecule has 1 atom stereocenters. The molecular formula is C26H19Cl3F9NO2. The maximum Gasteiger partial charge on any atom is 0.417 e. The first kappa shape index (κ1) is 33.1. The summed E-state index contributed by atoms with van der Waals surface area (Å²) in [6.07, 6.45) is -14.6. The maximum absolute atomic E-state index is 13.9. The zero-order valence-electron chi connectivity index (χ0n) is 20.5. The van der Waals surface area contributed by atoms with Crippen LogP contribution in [0.2, 0.25) is 15.1 Å². The molecule has 1 amide bonds. The van der Waals surface area contributed by atoms with Crippen molar-refractivity contribution in [3.05, 3.63) is 73.7 Å². The highest BCUT2D eigenvalue weighted by molar-refractivity contribution is 6.48. The van der Waals surface area contributed by atoms with Crippen molar-refractivity contribution < 1.29 is 49.1 Å². The Bertz CT molecular complexity index is 1320. The third kappa shape index (κ3) is 9.02. The topological polar surface area (TPSA) is 46.2 Å². The average molecular weight is 655 g/mol. The maximum atomic E-state index is 13.9. The van der Waals surface area contributed by atoms with Crippen LogP contribution >= 0.6 is 34.8 Å². The van der Waals surface area contributed by atoms with Gasteiger partial charge in [0.1, 0.15) is 6.54 Å². The first-order valence-electron chi connectivity index (χ1n) is 11.7. The predicted molar refractivity (Wildman–Crippen MR) is 135 cm³/mol. The van der Waals surface area contributed by atoms with E-state index in [-0.39, 0.29) is 39.0 Å². The summed E-state index contributed by atoms with van der Waals surface area (Å²) in [5, 5.41) is 1.31. The van der Waals surface area contributed by atoms with Crippen LogP contribution in [0.15, 0.2) is 36.4 Å². The summed E-state index contributed by atoms with van der Waals surface area (Å²) < 4.78 is 119. The molecule has 0 aliphatic heterocycles. The molecule has 2 aromatic rings. The van der Waals surface area contributed by atoms with E-state index in [0.717, 1.165) is 36.4 Å². The van der Waals surface area contributed by atoms with Gasteiger partial charge in [-0.05, 0) is 42.2 Å². The number of halogens is 12. The van der Waals surface area contributed by atoms with E-state index in [1.807, 2.05) is 0 Å². The molecule has 1 unspecified atom stereocenters. The lowest BCUT2D eigenvalue weighted by Crippen LogP contribution is -2.39. The van der Waals surface area contributed by atoms with Crippen molar-refractivity contribution in [1.29, 1.82) is 0 Å². The summed E-state index contributed by atoms with van der Waals surface area (Å²) in [7, 11) is 0. The summed E-state index contributed by atoms with van der Waals surface area (Å²) in [6, 6.07) is 4.73. The number of allylic oxidation sites excluding steroid dienone is 1. The summed E-state index contributed by atoms with van der Waals surface area (Å²) in [5.41, 5.74) is -3.99. The Morgan fingerprint density at radius 2 is 1.49 bits per heavy atom. The smallest absolute Gasteiger partial charge is 0.346 e. The van der Waals surface area contributed by atoms with Gasteiger partial charge in [-0.2, -0.15) is 39.5 Å². The van der Waals surface area contributed by atoms with Crippen LogP contribution < -0.4 is 5.32 Å². The van der Waals surface area contributed by atoms with Crippen molar-refractivity contribution in [2.75, 3.05) is 6.54 Å². The number of benzene rings is 2. The highest BCUT2D eigenvalue weighted by Gasteiger charge is 2.52. The van der Waals surface area contributed by atoms with Gasteiger partial charge in [0.05, 0.1) is 32.5 Å². The number of carbonyl (C=O) groups is 2. The number of ketones is 1. The Morgan fingerprint density at radius 3 is 1.98 bits per heavy atom. The lowest BCUT2D eigenvalue weighted by Gasteiger charge is -2.18. The van der Waals surface area contributed by atoms with Gasteiger partial charge in [0.2, 0.25) is 5.91 Å². The fraction of sp³-hybridized carbons (Fsp3) is 0.385. The van der Waals surface area contributed by atoms with Gasteiger partial charge in [-0.3, -0.25) is 9.59 Å². The summed E-state index contributed by atoms with van der Waals surface area (Å²) in [6.45, 7) is -1.65. The molecule has 0 bridgehead atoms. The molecule has 0 radical (unpaired) electrons. The van der Waals surface area contributed by atoms with Crippen molar-refractivity contribution in [1.82, 2.24) is 5.32 Å². The minimum atomic E-state index is -5.08. The van der Waals surface area contributed by atoms with Crippen molar-refractivity contribution in [3.63, 3.8) is 0 Å². The van der Waals surface area contributed by atoms with E-state index in [1.165, 1.54) is 0 Å². The van der Waals surface area contributed by atoms with Crippen LogP contribution in [0.3, 0.4) is 0 Å². The van der Waals surface area contributed by atoms with Gasteiger partial charge < -0.3 is 5.32 Å². The Morgan fingerprint density at radius 1 is 0.902 bits per heavy atom. The van der Waals surface area contributed by atoms with Crippen molar-refractivity contribution in [2.24, 2.45) is 5.41 Å². The molecule has 0 heterocycles. The second kappa shape index (κ2) is 12.0. The standard InChI is InChI=1S/C26H19Cl3F9NO2/c27-18-8-15(9-19(28)21(18)29)14(10-24(30,31)32)3-1-13-2-4-16(17(7-13)26(36,37)38)20(40)11-23(5-6-23)22(41)39-12-25(33,34)35/h1-4,7-9,14H,5-6,10-12H2,(H,39,41)/b3-1+. The van der Waals surface area contributed by atoms with E-state index < -0.39 is 72.1 Å². The van der Waals surface area contributed by atoms with E-state index in [0.29, 0.717) is 6.07 Å². The van der Waals surface area contributed by atoms with Crippen molar-refractivity contribution in [3.8, 4) is 0 Å². The summed E-state index contributed by atoms with van der Waals surface area (Å²) >= 11 is 17.7. The highest BCUT2D eigenvalue weighted by atomic mass is 35.5. The number of carbonyl (C=O) groups excluding carboxylic acids is 2. The van der Waals surface area contributed by atoms with Crippen LogP contribution in [0.5, 0.6) is 0 Å². The quantitative estimate of drug-likeness (QED) is 0.166. The van der Waals surface area contributed by atoms with Crippen molar-refractivity contribution in [2.45, 2.75) is 50.1 Å². The van der Waals surface area contributed by atoms with Gasteiger partial charge in [0.25, 0.3) is 0 Å². The minimum absolute atomic E-state index is 0.000603. The van der Waals surface area contributed by atoms with Gasteiger partial charge in [-0.15, -0.1) is 0 Å². The normalized spacial score (nSPS) is 16.1. The van der Waals surface area contributed by atoms with Crippen LogP contribution in [-0.4, -0.2) is 30.6 Å². The SMILES string of the molecule is O=C(CC1(C(=O)NCC(F)(F)F)CC1)c1ccc(/C=C/C(CC(F)(F)F)c2cc(Cl)c(Cl)c(Cl)c2)cc1C(F)(F)F. The number of amides is 1. The largest absolute Gasteiger partial charge is 0.417 e. The number of hydrogen-bond acceptors (Lipinski definition) is 2. The molecule has 15 heteroatoms. The van der Waals surface area contributed by atoms with E-state index in [4.69, 9.17) is 34.8 Å². The average Bonchev–Trinajstić information content (AvgIpc) is 3.62. The molecule has 1 N–H and O–H groups in total. The molecule has 1 fully saturated rings. The van der Waals surface area contributed by atoms with E-state index in [2.05, 4.69) is 0 Å². The van der Waals surface area contributed by atoms with E-state index in [1.54, 1.807) is 5.32 Å². The fourth-order valence-electron chi connectivity index (χ4n) is 4.11. The molecule has 41 heavy (non-hydrogen) atoms. The molecule has 0 saturated heterocycles. The summed E-state index contributed by atoms with van der Waals surface area (Å²) in [5.74, 6) is -3.62. The third-order valence-corrected chi connectivity index (χ3v) is 7.54. The second-order valence-corrected chi connectivity index (χ2v) is 10.8. The molecule has 0 aromatic heterocycles. The Kier molecular flexibility index (Phi) is 9.71. The summed E-state index contributed by atoms with van der Waals surface area (Å²) in [4.78, 5) is 25.0. The van der Waals surface area contributed by atoms with E-state index in [9.17, 15) is 49.1 Å². The van der Waals surface area contributed by atoms with Crippen LogP contribution in [0, 0.1) is 5.41 Å². The minimum Gasteiger partial charge on any atom is -0.346 e. The first-order valence-corrected chi connectivity index (χ1v) is 12.8. The zero-order chi connectivity index (χ0) is 31.0. The number of alkyl halides is 9. The highest BCUT2D eigenvalue weighted by Crippen LogP contribution is 2.50. The van der Waals surface area contributed by atoms with Crippen LogP contribution in [0.4, 0.5) is 39.5 Å². The number of rotatable bonds is 9. The van der Waals surface area contributed by atoms with Crippen molar-refractivity contribution >= 4 is 52.6 Å². The van der Waals surface area contributed by atoms with E-state index >= 15 is 0 Å². The van der Waals surface area contributed by atoms with Gasteiger partial charge in [-0.1, -0.05) is 59.1 Å². The van der Waals surface area contributed by atoms with Crippen LogP contribution in [0.25, 0.3) is 6.08 Å². The Balaban J connectivity index is 1.90. The molecule has 0 spiro atoms. The Hall–Kier alpha value is -2.44. The van der Waals surface area contributed by atoms with Gasteiger partial charge in [-0.25, -0.2) is 0 Å². The fourth-order valence-corrected chi connectivity index (χ4v) is 4.72. The molecule has 1 saturated carbocycles. The second-order valence-electron chi connectivity index (χ2n) is 9.56. The lowest BCUT2D eigenvalue weighted by atomic mass is 9.90. The zero-order valence-corrected chi connectivity index (χ0v) is 22.8. The molecule has 3 rings (SSSR count). The van der Waals surface area contributed by atoms with Crippen LogP contribution in [-0.2, 0) is 11.0 Å². The molecule has 1 aliphatic carbocycles. The molecule has 1 aliphatic rings. The molecule has 224 valence electrons. The Labute approximate surface area is 242 Å². The predicted octanol–water partition coefficient (Wildman–Crippen LogP) is 9.45. The number of Topliss-reactive ketones (excluding diaryl/α,β-unsaturated/α-hetero) is 1. The molecular weight excluding hydrogens is 636 g/mol. The van der Waals surface area contributed by atoms with Gasteiger partial charge in [0.15, 0.2) is 5.78 Å². The third-order valence-electron chi connectivity index (χ3n) is 6.34. The lowest BCUT2D eigenvalue weighted by molar-refractivity contribution is -0.141. The first-order chi connectivity index (χ1) is 18.7. The number of hydrogen-bond donors (Lipinski definition) is 1. The van der Waals surface area contributed by atoms with Crippen LogP contribution in [0.1, 0.15) is 58.6 Å².